The summed E-state index contributed by atoms with van der Waals surface area (Å²) in [4.78, 5) is 12.3. The SMILES string of the molecule is COc1ccc(S(=O)(=O)Nc2cccc(Cl)c2)cc1NC(=O)c1ccccc1F. The van der Waals surface area contributed by atoms with Crippen LogP contribution in [-0.2, 0) is 10.0 Å². The molecule has 0 aliphatic carbocycles. The second kappa shape index (κ2) is 8.50. The van der Waals surface area contributed by atoms with E-state index >= 15 is 0 Å². The van der Waals surface area contributed by atoms with Crippen molar-refractivity contribution in [1.29, 1.82) is 0 Å². The molecule has 1 amide bonds. The lowest BCUT2D eigenvalue weighted by molar-refractivity contribution is 0.102. The Morgan fingerprint density at radius 1 is 1.03 bits per heavy atom. The van der Waals surface area contributed by atoms with Gasteiger partial charge in [-0.3, -0.25) is 9.52 Å². The van der Waals surface area contributed by atoms with Crippen molar-refractivity contribution in [1.82, 2.24) is 0 Å². The number of methoxy groups -OCH3 is 1. The van der Waals surface area contributed by atoms with Gasteiger partial charge >= 0.3 is 0 Å². The highest BCUT2D eigenvalue weighted by Crippen LogP contribution is 2.29. The van der Waals surface area contributed by atoms with Crippen molar-refractivity contribution in [3.63, 3.8) is 0 Å². The maximum absolute atomic E-state index is 13.9. The summed E-state index contributed by atoms with van der Waals surface area (Å²) in [5.41, 5.74) is 0.180. The molecule has 3 aromatic rings. The van der Waals surface area contributed by atoms with Crippen LogP contribution in [0.5, 0.6) is 5.75 Å². The van der Waals surface area contributed by atoms with Gasteiger partial charge in [-0.15, -0.1) is 0 Å². The molecule has 0 saturated heterocycles. The third-order valence-electron chi connectivity index (χ3n) is 3.92. The number of benzene rings is 3. The minimum Gasteiger partial charge on any atom is -0.495 e. The van der Waals surface area contributed by atoms with Gasteiger partial charge in [-0.1, -0.05) is 29.8 Å². The lowest BCUT2D eigenvalue weighted by atomic mass is 10.2. The number of hydrogen-bond acceptors (Lipinski definition) is 4. The molecule has 0 atom stereocenters. The molecule has 0 aliphatic heterocycles. The molecule has 9 heteroatoms. The lowest BCUT2D eigenvalue weighted by Gasteiger charge is -2.14. The van der Waals surface area contributed by atoms with Gasteiger partial charge in [0.05, 0.1) is 28.9 Å². The molecule has 0 spiro atoms. The Hall–Kier alpha value is -3.10. The van der Waals surface area contributed by atoms with E-state index in [0.717, 1.165) is 6.07 Å². The highest BCUT2D eigenvalue weighted by Gasteiger charge is 2.19. The molecule has 0 heterocycles. The van der Waals surface area contributed by atoms with Crippen molar-refractivity contribution in [2.45, 2.75) is 4.90 Å². The fraction of sp³-hybridized carbons (Fsp3) is 0.0500. The number of sulfonamides is 1. The Kier molecular flexibility index (Phi) is 6.05. The summed E-state index contributed by atoms with van der Waals surface area (Å²) >= 11 is 5.88. The first kappa shape index (κ1) is 20.6. The Morgan fingerprint density at radius 3 is 2.48 bits per heavy atom. The lowest BCUT2D eigenvalue weighted by Crippen LogP contribution is -2.16. The van der Waals surface area contributed by atoms with E-state index in [2.05, 4.69) is 10.0 Å². The van der Waals surface area contributed by atoms with E-state index in [1.165, 1.54) is 49.6 Å². The first-order valence-corrected chi connectivity index (χ1v) is 10.2. The average molecular weight is 435 g/mol. The van der Waals surface area contributed by atoms with Crippen molar-refractivity contribution in [2.75, 3.05) is 17.1 Å². The molecular weight excluding hydrogens is 419 g/mol. The zero-order valence-electron chi connectivity index (χ0n) is 15.1. The Morgan fingerprint density at radius 2 is 1.79 bits per heavy atom. The zero-order valence-corrected chi connectivity index (χ0v) is 16.7. The van der Waals surface area contributed by atoms with Crippen LogP contribution in [-0.4, -0.2) is 21.4 Å². The maximum atomic E-state index is 13.9. The van der Waals surface area contributed by atoms with Crippen LogP contribution in [0.2, 0.25) is 5.02 Å². The summed E-state index contributed by atoms with van der Waals surface area (Å²) in [6.07, 6.45) is 0. The first-order chi connectivity index (χ1) is 13.8. The molecule has 0 radical (unpaired) electrons. The number of carbonyl (C=O) groups is 1. The van der Waals surface area contributed by atoms with Gasteiger partial charge in [-0.2, -0.15) is 0 Å². The highest BCUT2D eigenvalue weighted by molar-refractivity contribution is 7.92. The fourth-order valence-electron chi connectivity index (χ4n) is 2.55. The van der Waals surface area contributed by atoms with Gasteiger partial charge < -0.3 is 10.1 Å². The normalized spacial score (nSPS) is 11.0. The van der Waals surface area contributed by atoms with Crippen LogP contribution in [0.25, 0.3) is 0 Å². The van der Waals surface area contributed by atoms with Crippen LogP contribution in [0.4, 0.5) is 15.8 Å². The van der Waals surface area contributed by atoms with Crippen LogP contribution in [0.3, 0.4) is 0 Å². The molecule has 150 valence electrons. The van der Waals surface area contributed by atoms with E-state index in [1.54, 1.807) is 18.2 Å². The number of amides is 1. The predicted octanol–water partition coefficient (Wildman–Crippen LogP) is 4.54. The van der Waals surface area contributed by atoms with E-state index in [0.29, 0.717) is 5.02 Å². The van der Waals surface area contributed by atoms with Crippen LogP contribution in [0.15, 0.2) is 71.6 Å². The van der Waals surface area contributed by atoms with E-state index in [-0.39, 0.29) is 27.6 Å². The van der Waals surface area contributed by atoms with Crippen molar-refractivity contribution in [3.8, 4) is 5.75 Å². The molecule has 2 N–H and O–H groups in total. The molecule has 0 unspecified atom stereocenters. The second-order valence-corrected chi connectivity index (χ2v) is 8.03. The second-order valence-electron chi connectivity index (χ2n) is 5.91. The van der Waals surface area contributed by atoms with Gasteiger partial charge in [-0.05, 0) is 48.5 Å². The Labute approximate surface area is 172 Å². The molecule has 3 rings (SSSR count). The molecule has 29 heavy (non-hydrogen) atoms. The maximum Gasteiger partial charge on any atom is 0.261 e. The Bertz CT molecular complexity index is 1170. The summed E-state index contributed by atoms with van der Waals surface area (Å²) in [5, 5.41) is 2.86. The minimum absolute atomic E-state index is 0.0784. The summed E-state index contributed by atoms with van der Waals surface area (Å²) in [5.74, 6) is -1.22. The monoisotopic (exact) mass is 434 g/mol. The summed E-state index contributed by atoms with van der Waals surface area (Å²) in [6, 6.07) is 15.6. The van der Waals surface area contributed by atoms with Crippen molar-refractivity contribution in [3.05, 3.63) is 83.1 Å². The van der Waals surface area contributed by atoms with Crippen LogP contribution in [0.1, 0.15) is 10.4 Å². The van der Waals surface area contributed by atoms with E-state index in [4.69, 9.17) is 16.3 Å². The Balaban J connectivity index is 1.92. The average Bonchev–Trinajstić information content (AvgIpc) is 2.68. The number of ether oxygens (including phenoxy) is 1. The van der Waals surface area contributed by atoms with Gasteiger partial charge in [0.15, 0.2) is 0 Å². The molecule has 0 bridgehead atoms. The van der Waals surface area contributed by atoms with Crippen LogP contribution >= 0.6 is 11.6 Å². The number of rotatable bonds is 6. The number of anilines is 2. The first-order valence-electron chi connectivity index (χ1n) is 8.32. The van der Waals surface area contributed by atoms with Gasteiger partial charge in [0.25, 0.3) is 15.9 Å². The van der Waals surface area contributed by atoms with E-state index < -0.39 is 21.7 Å². The molecule has 0 aromatic heterocycles. The number of carbonyl (C=O) groups excluding carboxylic acids is 1. The topological polar surface area (TPSA) is 84.5 Å². The van der Waals surface area contributed by atoms with Crippen molar-refractivity contribution < 1.29 is 22.3 Å². The zero-order chi connectivity index (χ0) is 21.0. The predicted molar refractivity (Wildman–Crippen MR) is 110 cm³/mol. The van der Waals surface area contributed by atoms with Crippen LogP contribution in [0, 0.1) is 5.82 Å². The number of hydrogen-bond donors (Lipinski definition) is 2. The summed E-state index contributed by atoms with van der Waals surface area (Å²) < 4.78 is 46.9. The molecule has 3 aromatic carbocycles. The number of halogens is 2. The van der Waals surface area contributed by atoms with Gasteiger partial charge in [0.1, 0.15) is 11.6 Å². The van der Waals surface area contributed by atoms with Gasteiger partial charge in [-0.25, -0.2) is 12.8 Å². The summed E-state index contributed by atoms with van der Waals surface area (Å²) in [7, 11) is -2.61. The standard InChI is InChI=1S/C20H16ClFN2O4S/c1-28-19-10-9-15(29(26,27)24-14-6-4-5-13(21)11-14)12-18(19)23-20(25)16-7-2-3-8-17(16)22/h2-12,24H,1H3,(H,23,25). The van der Waals surface area contributed by atoms with Crippen LogP contribution < -0.4 is 14.8 Å². The quantitative estimate of drug-likeness (QED) is 0.596. The molecule has 0 aliphatic rings. The third-order valence-corrected chi connectivity index (χ3v) is 5.54. The number of nitrogens with one attached hydrogen (secondary N) is 2. The van der Waals surface area contributed by atoms with E-state index in [1.807, 2.05) is 0 Å². The highest BCUT2D eigenvalue weighted by atomic mass is 35.5. The third kappa shape index (κ3) is 4.85. The minimum atomic E-state index is -3.98. The molecule has 0 saturated carbocycles. The molecule has 6 nitrogen and oxygen atoms in total. The van der Waals surface area contributed by atoms with Crippen molar-refractivity contribution in [2.24, 2.45) is 0 Å². The largest absolute Gasteiger partial charge is 0.495 e. The van der Waals surface area contributed by atoms with Gasteiger partial charge in [0.2, 0.25) is 0 Å². The van der Waals surface area contributed by atoms with Crippen molar-refractivity contribution >= 4 is 38.9 Å². The summed E-state index contributed by atoms with van der Waals surface area (Å²) in [6.45, 7) is 0. The van der Waals surface area contributed by atoms with E-state index in [9.17, 15) is 17.6 Å². The molecular formula is C20H16ClFN2O4S. The van der Waals surface area contributed by atoms with Gasteiger partial charge in [0, 0.05) is 5.02 Å². The fourth-order valence-corrected chi connectivity index (χ4v) is 3.82. The smallest absolute Gasteiger partial charge is 0.261 e. The molecule has 0 fully saturated rings.